The van der Waals surface area contributed by atoms with Crippen molar-refractivity contribution >= 4 is 17.6 Å². The number of amides is 1. The summed E-state index contributed by atoms with van der Waals surface area (Å²) in [6.07, 6.45) is 3.24. The molecule has 1 heterocycles. The number of carbonyl (C=O) groups excluding carboxylic acids is 1. The lowest BCUT2D eigenvalue weighted by Gasteiger charge is -2.12. The highest BCUT2D eigenvalue weighted by atomic mass is 16.5. The molecule has 0 radical (unpaired) electrons. The maximum Gasteiger partial charge on any atom is 0.243 e. The van der Waals surface area contributed by atoms with E-state index in [1.807, 2.05) is 24.3 Å². The molecule has 2 aromatic rings. The van der Waals surface area contributed by atoms with E-state index < -0.39 is 0 Å². The van der Waals surface area contributed by atoms with Gasteiger partial charge in [0.05, 0.1) is 25.5 Å². The Bertz CT molecular complexity index is 671. The first kappa shape index (κ1) is 17.3. The van der Waals surface area contributed by atoms with Crippen LogP contribution in [0.3, 0.4) is 0 Å². The fraction of sp³-hybridized carbons (Fsp3) is 0.235. The van der Waals surface area contributed by atoms with Gasteiger partial charge in [-0.3, -0.25) is 14.8 Å². The van der Waals surface area contributed by atoms with Crippen LogP contribution in [0.4, 0.5) is 5.69 Å². The number of carbonyl (C=O) groups is 1. The summed E-state index contributed by atoms with van der Waals surface area (Å²) >= 11 is 0. The number of aromatic nitrogens is 1. The van der Waals surface area contributed by atoms with Crippen molar-refractivity contribution in [2.45, 2.75) is 6.54 Å². The van der Waals surface area contributed by atoms with Gasteiger partial charge in [-0.05, 0) is 29.8 Å². The van der Waals surface area contributed by atoms with Gasteiger partial charge in [0, 0.05) is 19.8 Å². The molecule has 0 aliphatic heterocycles. The predicted molar refractivity (Wildman–Crippen MR) is 94.1 cm³/mol. The Morgan fingerprint density at radius 3 is 2.62 bits per heavy atom. The molecule has 0 spiro atoms. The van der Waals surface area contributed by atoms with Gasteiger partial charge in [0.2, 0.25) is 5.91 Å². The highest BCUT2D eigenvalue weighted by Crippen LogP contribution is 2.10. The average Bonchev–Trinajstić information content (AvgIpc) is 2.63. The lowest BCUT2D eigenvalue weighted by molar-refractivity contribution is -0.115. The van der Waals surface area contributed by atoms with Crippen LogP contribution in [-0.2, 0) is 11.3 Å². The summed E-state index contributed by atoms with van der Waals surface area (Å²) in [5.74, 6) is 1.19. The third-order valence-corrected chi connectivity index (χ3v) is 3.20. The molecule has 0 aliphatic carbocycles. The van der Waals surface area contributed by atoms with Gasteiger partial charge in [-0.15, -0.1) is 0 Å². The number of guanidine groups is 1. The van der Waals surface area contributed by atoms with Gasteiger partial charge >= 0.3 is 0 Å². The van der Waals surface area contributed by atoms with E-state index >= 15 is 0 Å². The maximum atomic E-state index is 11.9. The number of methoxy groups -OCH3 is 1. The number of pyridine rings is 1. The van der Waals surface area contributed by atoms with Gasteiger partial charge < -0.3 is 20.7 Å². The quantitative estimate of drug-likeness (QED) is 0.551. The van der Waals surface area contributed by atoms with E-state index in [0.29, 0.717) is 18.2 Å². The number of aliphatic imine (C=N–C) groups is 1. The van der Waals surface area contributed by atoms with Crippen LogP contribution in [-0.4, -0.2) is 37.6 Å². The van der Waals surface area contributed by atoms with Crippen molar-refractivity contribution in [1.82, 2.24) is 15.6 Å². The molecule has 0 bridgehead atoms. The summed E-state index contributed by atoms with van der Waals surface area (Å²) in [5.41, 5.74) is 1.74. The molecular formula is C17H21N5O2. The van der Waals surface area contributed by atoms with Gasteiger partial charge in [0.25, 0.3) is 0 Å². The number of rotatable bonds is 6. The average molecular weight is 327 g/mol. The predicted octanol–water partition coefficient (Wildman–Crippen LogP) is 1.39. The molecule has 7 nitrogen and oxygen atoms in total. The van der Waals surface area contributed by atoms with Crippen molar-refractivity contribution in [3.05, 3.63) is 54.4 Å². The van der Waals surface area contributed by atoms with Gasteiger partial charge in [-0.1, -0.05) is 12.1 Å². The lowest BCUT2D eigenvalue weighted by Crippen LogP contribution is -2.41. The fourth-order valence-corrected chi connectivity index (χ4v) is 1.96. The monoisotopic (exact) mass is 327 g/mol. The largest absolute Gasteiger partial charge is 0.497 e. The molecule has 1 aromatic heterocycles. The fourth-order valence-electron chi connectivity index (χ4n) is 1.96. The number of anilines is 1. The number of ether oxygens (including phenoxy) is 1. The first-order valence-electron chi connectivity index (χ1n) is 7.48. The molecular weight excluding hydrogens is 306 g/mol. The second-order valence-electron chi connectivity index (χ2n) is 4.92. The molecule has 0 saturated heterocycles. The minimum absolute atomic E-state index is 0.108. The van der Waals surface area contributed by atoms with Crippen molar-refractivity contribution in [2.24, 2.45) is 4.99 Å². The molecule has 7 heteroatoms. The van der Waals surface area contributed by atoms with Crippen LogP contribution in [0.2, 0.25) is 0 Å². The second-order valence-corrected chi connectivity index (χ2v) is 4.92. The van der Waals surface area contributed by atoms with Crippen LogP contribution < -0.4 is 20.7 Å². The van der Waals surface area contributed by atoms with Gasteiger partial charge in [0.15, 0.2) is 5.96 Å². The third-order valence-electron chi connectivity index (χ3n) is 3.20. The first-order chi connectivity index (χ1) is 11.7. The summed E-state index contributed by atoms with van der Waals surface area (Å²) in [7, 11) is 3.29. The van der Waals surface area contributed by atoms with Crippen LogP contribution in [0, 0.1) is 0 Å². The summed E-state index contributed by atoms with van der Waals surface area (Å²) in [4.78, 5) is 19.9. The maximum absolute atomic E-state index is 11.9. The zero-order valence-corrected chi connectivity index (χ0v) is 13.7. The van der Waals surface area contributed by atoms with Crippen LogP contribution in [0.25, 0.3) is 0 Å². The number of hydrogen-bond donors (Lipinski definition) is 3. The molecule has 1 aromatic carbocycles. The number of nitrogens with zero attached hydrogens (tertiary/aromatic N) is 2. The Balaban J connectivity index is 1.76. The minimum atomic E-state index is -0.171. The first-order valence-corrected chi connectivity index (χ1v) is 7.48. The number of benzene rings is 1. The molecule has 0 unspecified atom stereocenters. The van der Waals surface area contributed by atoms with Crippen LogP contribution in [0.15, 0.2) is 53.8 Å². The third kappa shape index (κ3) is 5.60. The zero-order valence-electron chi connectivity index (χ0n) is 13.7. The van der Waals surface area contributed by atoms with Crippen LogP contribution in [0.1, 0.15) is 5.56 Å². The van der Waals surface area contributed by atoms with Crippen LogP contribution in [0.5, 0.6) is 5.75 Å². The van der Waals surface area contributed by atoms with E-state index in [9.17, 15) is 4.79 Å². The topological polar surface area (TPSA) is 87.6 Å². The second kappa shape index (κ2) is 9.14. The Hall–Kier alpha value is -3.09. The van der Waals surface area contributed by atoms with E-state index in [1.54, 1.807) is 38.7 Å². The van der Waals surface area contributed by atoms with Crippen molar-refractivity contribution in [2.75, 3.05) is 26.0 Å². The zero-order chi connectivity index (χ0) is 17.2. The van der Waals surface area contributed by atoms with E-state index in [-0.39, 0.29) is 12.5 Å². The van der Waals surface area contributed by atoms with E-state index in [2.05, 4.69) is 25.9 Å². The van der Waals surface area contributed by atoms with Gasteiger partial charge in [-0.2, -0.15) is 0 Å². The highest BCUT2D eigenvalue weighted by Gasteiger charge is 2.04. The summed E-state index contributed by atoms with van der Waals surface area (Å²) in [6.45, 7) is 0.699. The molecule has 0 aliphatic rings. The van der Waals surface area contributed by atoms with Gasteiger partial charge in [-0.25, -0.2) is 0 Å². The van der Waals surface area contributed by atoms with E-state index in [1.165, 1.54) is 0 Å². The Morgan fingerprint density at radius 2 is 2.00 bits per heavy atom. The summed E-state index contributed by atoms with van der Waals surface area (Å²) in [5, 5.41) is 8.86. The van der Waals surface area contributed by atoms with Crippen molar-refractivity contribution in [1.29, 1.82) is 0 Å². The van der Waals surface area contributed by atoms with Crippen molar-refractivity contribution in [3.8, 4) is 5.75 Å². The molecule has 3 N–H and O–H groups in total. The minimum Gasteiger partial charge on any atom is -0.497 e. The summed E-state index contributed by atoms with van der Waals surface area (Å²) < 4.78 is 5.12. The van der Waals surface area contributed by atoms with Crippen molar-refractivity contribution < 1.29 is 9.53 Å². The van der Waals surface area contributed by atoms with Crippen LogP contribution >= 0.6 is 0 Å². The standard InChI is InChI=1S/C17H21N5O2/c1-18-17(20-10-13-5-7-15(24-2)8-6-13)21-12-16(23)22-14-4-3-9-19-11-14/h3-9,11H,10,12H2,1-2H3,(H,22,23)(H2,18,20,21). The van der Waals surface area contributed by atoms with Gasteiger partial charge in [0.1, 0.15) is 5.75 Å². The SMILES string of the molecule is CN=C(NCC(=O)Nc1cccnc1)NCc1ccc(OC)cc1. The summed E-state index contributed by atoms with van der Waals surface area (Å²) in [6, 6.07) is 11.3. The van der Waals surface area contributed by atoms with E-state index in [0.717, 1.165) is 11.3 Å². The molecule has 0 saturated carbocycles. The molecule has 2 rings (SSSR count). The highest BCUT2D eigenvalue weighted by molar-refractivity contribution is 5.94. The Morgan fingerprint density at radius 1 is 1.21 bits per heavy atom. The molecule has 24 heavy (non-hydrogen) atoms. The molecule has 126 valence electrons. The Labute approximate surface area is 141 Å². The van der Waals surface area contributed by atoms with Crippen molar-refractivity contribution in [3.63, 3.8) is 0 Å². The van der Waals surface area contributed by atoms with E-state index in [4.69, 9.17) is 4.74 Å². The lowest BCUT2D eigenvalue weighted by atomic mass is 10.2. The molecule has 0 fully saturated rings. The molecule has 0 atom stereocenters. The number of hydrogen-bond acceptors (Lipinski definition) is 4. The Kier molecular flexibility index (Phi) is 6.58. The normalized spacial score (nSPS) is 10.8. The molecule has 1 amide bonds. The smallest absolute Gasteiger partial charge is 0.243 e. The number of nitrogens with one attached hydrogen (secondary N) is 3.